The van der Waals surface area contributed by atoms with Gasteiger partial charge in [0.05, 0.1) is 21.4 Å². The maximum atomic E-state index is 6.45. The Labute approximate surface area is 134 Å². The van der Waals surface area contributed by atoms with Crippen LogP contribution in [0.4, 0.5) is 0 Å². The molecule has 7 heteroatoms. The van der Waals surface area contributed by atoms with Crippen molar-refractivity contribution in [3.05, 3.63) is 32.5 Å². The zero-order chi connectivity index (χ0) is 15.4. The third kappa shape index (κ3) is 3.83. The summed E-state index contributed by atoms with van der Waals surface area (Å²) >= 11 is 8.12. The minimum atomic E-state index is 0.0970. The van der Waals surface area contributed by atoms with Crippen LogP contribution >= 0.6 is 22.9 Å². The van der Waals surface area contributed by atoms with E-state index in [1.54, 1.807) is 11.3 Å². The molecule has 0 fully saturated rings. The summed E-state index contributed by atoms with van der Waals surface area (Å²) in [5.41, 5.74) is 5.93. The molecule has 0 bridgehead atoms. The molecule has 21 heavy (non-hydrogen) atoms. The van der Waals surface area contributed by atoms with Gasteiger partial charge in [-0.2, -0.15) is 5.10 Å². The van der Waals surface area contributed by atoms with Gasteiger partial charge < -0.3 is 0 Å². The molecule has 0 aliphatic heterocycles. The zero-order valence-corrected chi connectivity index (χ0v) is 14.3. The Bertz CT molecular complexity index is 592. The van der Waals surface area contributed by atoms with E-state index in [1.165, 1.54) is 0 Å². The summed E-state index contributed by atoms with van der Waals surface area (Å²) < 4.78 is 1.97. The fourth-order valence-corrected chi connectivity index (χ4v) is 3.54. The zero-order valence-electron chi connectivity index (χ0n) is 12.7. The van der Waals surface area contributed by atoms with Gasteiger partial charge in [0.15, 0.2) is 0 Å². The van der Waals surface area contributed by atoms with Gasteiger partial charge in [-0.05, 0) is 20.3 Å². The van der Waals surface area contributed by atoms with Crippen LogP contribution in [0.3, 0.4) is 0 Å². The van der Waals surface area contributed by atoms with Crippen molar-refractivity contribution < 1.29 is 0 Å². The molecule has 0 aliphatic carbocycles. The monoisotopic (exact) mass is 327 g/mol. The van der Waals surface area contributed by atoms with Crippen LogP contribution in [-0.4, -0.2) is 20.8 Å². The molecular formula is C14H22ClN5S. The van der Waals surface area contributed by atoms with Crippen molar-refractivity contribution in [2.45, 2.75) is 52.6 Å². The van der Waals surface area contributed by atoms with Gasteiger partial charge in [-0.25, -0.2) is 4.98 Å². The van der Waals surface area contributed by atoms with Gasteiger partial charge in [-0.1, -0.05) is 18.5 Å². The fraction of sp³-hybridized carbons (Fsp3) is 0.571. The van der Waals surface area contributed by atoms with E-state index in [-0.39, 0.29) is 6.04 Å². The molecule has 116 valence electrons. The number of aromatic nitrogens is 3. The first-order valence-corrected chi connectivity index (χ1v) is 8.45. The molecule has 2 aromatic rings. The van der Waals surface area contributed by atoms with Crippen molar-refractivity contribution in [3.63, 3.8) is 0 Å². The van der Waals surface area contributed by atoms with E-state index in [2.05, 4.69) is 34.7 Å². The number of nitrogens with zero attached hydrogens (tertiary/aromatic N) is 3. The summed E-state index contributed by atoms with van der Waals surface area (Å²) in [5, 5.41) is 8.47. The summed E-state index contributed by atoms with van der Waals surface area (Å²) in [6.07, 6.45) is 2.38. The van der Waals surface area contributed by atoms with Crippen LogP contribution in [0.1, 0.15) is 35.9 Å². The lowest BCUT2D eigenvalue weighted by molar-refractivity contribution is 0.495. The van der Waals surface area contributed by atoms with Gasteiger partial charge in [-0.15, -0.1) is 11.3 Å². The first kappa shape index (κ1) is 16.4. The highest BCUT2D eigenvalue weighted by Crippen LogP contribution is 2.24. The van der Waals surface area contributed by atoms with Crippen LogP contribution in [0, 0.1) is 6.92 Å². The number of hydrogen-bond acceptors (Lipinski definition) is 5. The van der Waals surface area contributed by atoms with Crippen LogP contribution in [0.15, 0.2) is 5.38 Å². The Morgan fingerprint density at radius 2 is 2.19 bits per heavy atom. The van der Waals surface area contributed by atoms with E-state index < -0.39 is 0 Å². The smallest absolute Gasteiger partial charge is 0.0944 e. The van der Waals surface area contributed by atoms with Crippen molar-refractivity contribution in [1.82, 2.24) is 20.2 Å². The number of aryl methyl sites for hydroxylation is 3. The Hall–Kier alpha value is -0.950. The summed E-state index contributed by atoms with van der Waals surface area (Å²) in [7, 11) is 0. The van der Waals surface area contributed by atoms with Gasteiger partial charge >= 0.3 is 0 Å². The Morgan fingerprint density at radius 1 is 1.43 bits per heavy atom. The van der Waals surface area contributed by atoms with Gasteiger partial charge in [-0.3, -0.25) is 16.0 Å². The molecule has 0 saturated carbocycles. The van der Waals surface area contributed by atoms with Crippen molar-refractivity contribution >= 4 is 22.9 Å². The second-order valence-electron chi connectivity index (χ2n) is 5.03. The van der Waals surface area contributed by atoms with Crippen molar-refractivity contribution in [2.75, 3.05) is 0 Å². The maximum absolute atomic E-state index is 6.45. The summed E-state index contributed by atoms with van der Waals surface area (Å²) in [4.78, 5) is 4.49. The van der Waals surface area contributed by atoms with E-state index in [1.807, 2.05) is 11.6 Å². The highest BCUT2D eigenvalue weighted by molar-refractivity contribution is 7.09. The Morgan fingerprint density at radius 3 is 2.71 bits per heavy atom. The number of nitrogens with two attached hydrogens (primary N) is 1. The third-order valence-electron chi connectivity index (χ3n) is 3.46. The van der Waals surface area contributed by atoms with Crippen molar-refractivity contribution in [1.29, 1.82) is 0 Å². The second kappa shape index (κ2) is 7.35. The lowest BCUT2D eigenvalue weighted by atomic mass is 10.1. The normalized spacial score (nSPS) is 12.8. The van der Waals surface area contributed by atoms with E-state index in [0.29, 0.717) is 0 Å². The molecule has 0 aromatic carbocycles. The SMILES string of the molecule is CCc1nn(CC)c(CC(Cc2nc(C)cs2)NN)c1Cl. The van der Waals surface area contributed by atoms with Gasteiger partial charge in [0.1, 0.15) is 0 Å². The second-order valence-corrected chi connectivity index (χ2v) is 6.35. The maximum Gasteiger partial charge on any atom is 0.0944 e. The lowest BCUT2D eigenvalue weighted by Crippen LogP contribution is -2.39. The molecule has 0 amide bonds. The fourth-order valence-electron chi connectivity index (χ4n) is 2.34. The molecule has 0 spiro atoms. The largest absolute Gasteiger partial charge is 0.271 e. The number of hydrogen-bond donors (Lipinski definition) is 2. The molecule has 2 heterocycles. The molecule has 1 atom stereocenters. The predicted molar refractivity (Wildman–Crippen MR) is 87.7 cm³/mol. The van der Waals surface area contributed by atoms with Crippen LogP contribution in [0.5, 0.6) is 0 Å². The molecule has 0 radical (unpaired) electrons. The van der Waals surface area contributed by atoms with E-state index in [0.717, 1.165) is 52.9 Å². The van der Waals surface area contributed by atoms with E-state index in [4.69, 9.17) is 17.4 Å². The van der Waals surface area contributed by atoms with E-state index >= 15 is 0 Å². The molecule has 3 N–H and O–H groups in total. The lowest BCUT2D eigenvalue weighted by Gasteiger charge is -2.15. The molecule has 2 aromatic heterocycles. The Balaban J connectivity index is 2.16. The number of hydrazine groups is 1. The average molecular weight is 328 g/mol. The molecule has 0 saturated heterocycles. The number of rotatable bonds is 7. The number of thiazole rings is 1. The predicted octanol–water partition coefficient (Wildman–Crippen LogP) is 2.50. The van der Waals surface area contributed by atoms with Crippen LogP contribution in [-0.2, 0) is 25.8 Å². The van der Waals surface area contributed by atoms with Crippen LogP contribution in [0.25, 0.3) is 0 Å². The summed E-state index contributed by atoms with van der Waals surface area (Å²) in [6.45, 7) is 6.94. The molecule has 2 rings (SSSR count). The Kier molecular flexibility index (Phi) is 5.75. The molecule has 0 aliphatic rings. The van der Waals surface area contributed by atoms with Gasteiger partial charge in [0.2, 0.25) is 0 Å². The molecule has 1 unspecified atom stereocenters. The van der Waals surface area contributed by atoms with Gasteiger partial charge in [0, 0.05) is 36.5 Å². The minimum Gasteiger partial charge on any atom is -0.271 e. The highest BCUT2D eigenvalue weighted by atomic mass is 35.5. The first-order valence-electron chi connectivity index (χ1n) is 7.20. The van der Waals surface area contributed by atoms with Crippen LogP contribution in [0.2, 0.25) is 5.02 Å². The quantitative estimate of drug-likeness (QED) is 0.605. The standard InChI is InChI=1S/C14H22ClN5S/c1-4-11-14(15)12(20(5-2)19-11)6-10(18-16)7-13-17-9(3)8-21-13/h8,10,18H,4-7,16H2,1-3H3. The topological polar surface area (TPSA) is 68.8 Å². The summed E-state index contributed by atoms with van der Waals surface area (Å²) in [6, 6.07) is 0.0970. The number of nitrogens with one attached hydrogen (secondary N) is 1. The summed E-state index contributed by atoms with van der Waals surface area (Å²) in [5.74, 6) is 5.71. The van der Waals surface area contributed by atoms with E-state index in [9.17, 15) is 0 Å². The minimum absolute atomic E-state index is 0.0970. The third-order valence-corrected chi connectivity index (χ3v) is 4.88. The van der Waals surface area contributed by atoms with Crippen molar-refractivity contribution in [2.24, 2.45) is 5.84 Å². The number of halogens is 1. The highest BCUT2D eigenvalue weighted by Gasteiger charge is 2.19. The van der Waals surface area contributed by atoms with Crippen LogP contribution < -0.4 is 11.3 Å². The average Bonchev–Trinajstić information content (AvgIpc) is 3.02. The molecule has 5 nitrogen and oxygen atoms in total. The first-order chi connectivity index (χ1) is 10.1. The van der Waals surface area contributed by atoms with Crippen molar-refractivity contribution in [3.8, 4) is 0 Å². The molecular weight excluding hydrogens is 306 g/mol. The van der Waals surface area contributed by atoms with Gasteiger partial charge in [0.25, 0.3) is 0 Å².